The number of amides is 1. The molecule has 0 saturated carbocycles. The van der Waals surface area contributed by atoms with E-state index in [-0.39, 0.29) is 11.8 Å². The van der Waals surface area contributed by atoms with Gasteiger partial charge in [0.05, 0.1) is 17.9 Å². The molecule has 5 heteroatoms. The molecule has 3 aromatic rings. The highest BCUT2D eigenvalue weighted by Crippen LogP contribution is 2.36. The van der Waals surface area contributed by atoms with Crippen LogP contribution in [-0.4, -0.2) is 15.9 Å². The normalized spacial score (nSPS) is 18.0. The van der Waals surface area contributed by atoms with Crippen molar-refractivity contribution in [2.45, 2.75) is 32.2 Å². The molecule has 1 atom stereocenters. The van der Waals surface area contributed by atoms with Crippen LogP contribution in [0.15, 0.2) is 60.9 Å². The summed E-state index contributed by atoms with van der Waals surface area (Å²) in [7, 11) is 0. The number of pyridine rings is 2. The van der Waals surface area contributed by atoms with Crippen molar-refractivity contribution in [1.82, 2.24) is 9.97 Å². The Balaban J connectivity index is 1.47. The van der Waals surface area contributed by atoms with Crippen LogP contribution in [0.25, 0.3) is 0 Å². The van der Waals surface area contributed by atoms with Crippen molar-refractivity contribution in [2.75, 3.05) is 10.2 Å². The minimum atomic E-state index is 0.000442. The molecule has 1 amide bonds. The van der Waals surface area contributed by atoms with E-state index in [9.17, 15) is 4.79 Å². The topological polar surface area (TPSA) is 58.1 Å². The molecule has 1 aliphatic carbocycles. The van der Waals surface area contributed by atoms with Crippen molar-refractivity contribution in [1.29, 1.82) is 0 Å². The Bertz CT molecular complexity index is 1010. The number of para-hydroxylation sites is 2. The summed E-state index contributed by atoms with van der Waals surface area (Å²) in [6.07, 6.45) is 7.10. The summed E-state index contributed by atoms with van der Waals surface area (Å²) in [6, 6.07) is 16.1. The van der Waals surface area contributed by atoms with Gasteiger partial charge in [0.25, 0.3) is 0 Å². The third-order valence-corrected chi connectivity index (χ3v) is 5.76. The number of benzene rings is 1. The van der Waals surface area contributed by atoms with E-state index in [1.54, 1.807) is 6.20 Å². The lowest BCUT2D eigenvalue weighted by Crippen LogP contribution is -2.35. The largest absolute Gasteiger partial charge is 0.338 e. The van der Waals surface area contributed by atoms with Crippen LogP contribution in [0.1, 0.15) is 29.7 Å². The van der Waals surface area contributed by atoms with Gasteiger partial charge in [0.2, 0.25) is 5.91 Å². The Morgan fingerprint density at radius 3 is 2.64 bits per heavy atom. The van der Waals surface area contributed by atoms with E-state index in [2.05, 4.69) is 21.4 Å². The van der Waals surface area contributed by atoms with Crippen LogP contribution < -0.4 is 10.2 Å². The lowest BCUT2D eigenvalue weighted by Gasteiger charge is -2.27. The first-order chi connectivity index (χ1) is 13.8. The number of aromatic nitrogens is 2. The summed E-state index contributed by atoms with van der Waals surface area (Å²) in [5, 5.41) is 3.40. The van der Waals surface area contributed by atoms with Crippen molar-refractivity contribution >= 4 is 23.1 Å². The molecule has 0 fully saturated rings. The van der Waals surface area contributed by atoms with Crippen LogP contribution in [0.2, 0.25) is 0 Å². The molecule has 0 unspecified atom stereocenters. The van der Waals surface area contributed by atoms with Crippen LogP contribution >= 0.6 is 0 Å². The SMILES string of the molecule is O=C([C@H]1CCc2cccnc2CC1)N1Cc2cccnc2Nc2ccccc21. The summed E-state index contributed by atoms with van der Waals surface area (Å²) in [4.78, 5) is 24.6. The second-order valence-corrected chi connectivity index (χ2v) is 7.46. The molecule has 140 valence electrons. The van der Waals surface area contributed by atoms with E-state index in [0.717, 1.165) is 54.1 Å². The lowest BCUT2D eigenvalue weighted by atomic mass is 9.97. The van der Waals surface area contributed by atoms with Gasteiger partial charge in [-0.2, -0.15) is 0 Å². The zero-order chi connectivity index (χ0) is 18.9. The molecule has 0 saturated heterocycles. The number of carbonyl (C=O) groups excluding carboxylic acids is 1. The first-order valence-electron chi connectivity index (χ1n) is 9.84. The third-order valence-electron chi connectivity index (χ3n) is 5.76. The fourth-order valence-corrected chi connectivity index (χ4v) is 4.25. The fourth-order valence-electron chi connectivity index (χ4n) is 4.25. The van der Waals surface area contributed by atoms with E-state index in [1.807, 2.05) is 53.6 Å². The van der Waals surface area contributed by atoms with Gasteiger partial charge in [-0.1, -0.05) is 24.3 Å². The van der Waals surface area contributed by atoms with Crippen molar-refractivity contribution in [3.63, 3.8) is 0 Å². The average Bonchev–Trinajstić information content (AvgIpc) is 3.05. The fraction of sp³-hybridized carbons (Fsp3) is 0.261. The number of carbonyl (C=O) groups is 1. The van der Waals surface area contributed by atoms with Gasteiger partial charge in [0, 0.05) is 29.6 Å². The van der Waals surface area contributed by atoms with Crippen LogP contribution in [0.3, 0.4) is 0 Å². The van der Waals surface area contributed by atoms with Crippen LogP contribution in [0, 0.1) is 5.92 Å². The van der Waals surface area contributed by atoms with Gasteiger partial charge < -0.3 is 10.2 Å². The lowest BCUT2D eigenvalue weighted by molar-refractivity contribution is -0.122. The van der Waals surface area contributed by atoms with Gasteiger partial charge in [0.15, 0.2) is 0 Å². The number of anilines is 3. The molecule has 3 heterocycles. The quantitative estimate of drug-likeness (QED) is 0.650. The predicted molar refractivity (Wildman–Crippen MR) is 110 cm³/mol. The maximum atomic E-state index is 13.6. The highest BCUT2D eigenvalue weighted by Gasteiger charge is 2.31. The molecular weight excluding hydrogens is 348 g/mol. The van der Waals surface area contributed by atoms with Crippen molar-refractivity contribution in [3.8, 4) is 0 Å². The number of rotatable bonds is 1. The van der Waals surface area contributed by atoms with Gasteiger partial charge in [0.1, 0.15) is 5.82 Å². The first kappa shape index (κ1) is 16.9. The first-order valence-corrected chi connectivity index (χ1v) is 9.84. The monoisotopic (exact) mass is 370 g/mol. The molecule has 0 bridgehead atoms. The highest BCUT2D eigenvalue weighted by atomic mass is 16.2. The van der Waals surface area contributed by atoms with E-state index in [4.69, 9.17) is 0 Å². The molecule has 1 N–H and O–H groups in total. The number of aryl methyl sites for hydroxylation is 2. The second-order valence-electron chi connectivity index (χ2n) is 7.46. The Morgan fingerprint density at radius 2 is 1.71 bits per heavy atom. The number of hydrogen-bond acceptors (Lipinski definition) is 4. The Morgan fingerprint density at radius 1 is 0.929 bits per heavy atom. The van der Waals surface area contributed by atoms with Crippen molar-refractivity contribution in [2.24, 2.45) is 5.92 Å². The summed E-state index contributed by atoms with van der Waals surface area (Å²) in [6.45, 7) is 0.535. The maximum absolute atomic E-state index is 13.6. The predicted octanol–water partition coefficient (Wildman–Crippen LogP) is 4.26. The number of nitrogens with zero attached hydrogens (tertiary/aromatic N) is 3. The van der Waals surface area contributed by atoms with Crippen LogP contribution in [0.5, 0.6) is 0 Å². The van der Waals surface area contributed by atoms with Gasteiger partial charge in [-0.15, -0.1) is 0 Å². The van der Waals surface area contributed by atoms with Crippen LogP contribution in [-0.2, 0) is 24.2 Å². The second kappa shape index (κ2) is 7.08. The highest BCUT2D eigenvalue weighted by molar-refractivity contribution is 5.99. The van der Waals surface area contributed by atoms with Crippen molar-refractivity contribution in [3.05, 3.63) is 77.7 Å². The van der Waals surface area contributed by atoms with E-state index in [0.29, 0.717) is 6.54 Å². The molecule has 2 aliphatic rings. The summed E-state index contributed by atoms with van der Waals surface area (Å²) < 4.78 is 0. The van der Waals surface area contributed by atoms with E-state index in [1.165, 1.54) is 5.56 Å². The number of fused-ring (bicyclic) bond motifs is 3. The zero-order valence-corrected chi connectivity index (χ0v) is 15.6. The van der Waals surface area contributed by atoms with E-state index >= 15 is 0 Å². The van der Waals surface area contributed by atoms with Gasteiger partial charge in [-0.25, -0.2) is 4.98 Å². The van der Waals surface area contributed by atoms with Crippen molar-refractivity contribution < 1.29 is 4.79 Å². The molecule has 2 aromatic heterocycles. The number of hydrogen-bond donors (Lipinski definition) is 1. The summed E-state index contributed by atoms with van der Waals surface area (Å²) in [5.74, 6) is 1.02. The number of nitrogens with one attached hydrogen (secondary N) is 1. The smallest absolute Gasteiger partial charge is 0.230 e. The molecular formula is C23H22N4O. The standard InChI is InChI=1S/C23H22N4O/c28-23(17-10-9-16-5-3-13-24-19(16)12-11-17)27-15-18-6-4-14-25-22(18)26-20-7-1-2-8-21(20)27/h1-8,13-14,17H,9-12,15H2,(H,25,26)/t17-/m0/s1. The molecule has 0 radical (unpaired) electrons. The summed E-state index contributed by atoms with van der Waals surface area (Å²) in [5.41, 5.74) is 5.30. The molecule has 0 spiro atoms. The summed E-state index contributed by atoms with van der Waals surface area (Å²) >= 11 is 0. The molecule has 5 rings (SSSR count). The van der Waals surface area contributed by atoms with Gasteiger partial charge in [-0.3, -0.25) is 9.78 Å². The molecule has 5 nitrogen and oxygen atoms in total. The zero-order valence-electron chi connectivity index (χ0n) is 15.6. The maximum Gasteiger partial charge on any atom is 0.230 e. The minimum Gasteiger partial charge on any atom is -0.338 e. The van der Waals surface area contributed by atoms with Crippen LogP contribution in [0.4, 0.5) is 17.2 Å². The minimum absolute atomic E-state index is 0.000442. The van der Waals surface area contributed by atoms with Gasteiger partial charge in [-0.05, 0) is 55.5 Å². The third kappa shape index (κ3) is 3.03. The Labute approximate surface area is 164 Å². The average molecular weight is 370 g/mol. The van der Waals surface area contributed by atoms with E-state index < -0.39 is 0 Å². The molecule has 1 aromatic carbocycles. The Kier molecular flexibility index (Phi) is 4.28. The van der Waals surface area contributed by atoms with Gasteiger partial charge >= 0.3 is 0 Å². The Hall–Kier alpha value is -3.21. The molecule has 28 heavy (non-hydrogen) atoms. The molecule has 1 aliphatic heterocycles.